The van der Waals surface area contributed by atoms with Gasteiger partial charge in [0.15, 0.2) is 0 Å². The summed E-state index contributed by atoms with van der Waals surface area (Å²) in [6, 6.07) is 6.65. The Labute approximate surface area is 120 Å². The summed E-state index contributed by atoms with van der Waals surface area (Å²) in [4.78, 5) is 0.279. The minimum atomic E-state index is -3.52. The van der Waals surface area contributed by atoms with E-state index in [2.05, 4.69) is 0 Å². The minimum Gasteiger partial charge on any atom is -0.330 e. The van der Waals surface area contributed by atoms with Gasteiger partial charge in [0.1, 0.15) is 0 Å². The molecule has 0 bridgehead atoms. The Kier molecular flexibility index (Phi) is 4.14. The highest BCUT2D eigenvalue weighted by Crippen LogP contribution is 2.30. The molecule has 2 N–H and O–H groups in total. The molecule has 0 spiro atoms. The van der Waals surface area contributed by atoms with Gasteiger partial charge in [-0.2, -0.15) is 9.57 Å². The SMILES string of the molecule is Cc1cc(C#N)ccc1S(=O)(=O)N1CC(CN)CC1C. The number of sulfonamides is 1. The van der Waals surface area contributed by atoms with Crippen LogP contribution < -0.4 is 5.73 Å². The van der Waals surface area contributed by atoms with Gasteiger partial charge in [-0.1, -0.05) is 0 Å². The fraction of sp³-hybridized carbons (Fsp3) is 0.500. The number of hydrogen-bond donors (Lipinski definition) is 1. The Balaban J connectivity index is 2.39. The van der Waals surface area contributed by atoms with Gasteiger partial charge in [-0.15, -0.1) is 0 Å². The number of nitriles is 1. The molecular weight excluding hydrogens is 274 g/mol. The average molecular weight is 293 g/mol. The molecule has 1 aromatic carbocycles. The molecule has 2 atom stereocenters. The maximum Gasteiger partial charge on any atom is 0.243 e. The molecule has 5 nitrogen and oxygen atoms in total. The van der Waals surface area contributed by atoms with Crippen molar-refractivity contribution in [3.05, 3.63) is 29.3 Å². The first-order chi connectivity index (χ1) is 9.40. The van der Waals surface area contributed by atoms with E-state index in [0.717, 1.165) is 6.42 Å². The predicted octanol–water partition coefficient (Wildman–Crippen LogP) is 1.22. The Morgan fingerprint density at radius 3 is 2.70 bits per heavy atom. The van der Waals surface area contributed by atoms with Crippen LogP contribution in [0.2, 0.25) is 0 Å². The number of benzene rings is 1. The van der Waals surface area contributed by atoms with Crippen molar-refractivity contribution >= 4 is 10.0 Å². The van der Waals surface area contributed by atoms with Crippen LogP contribution >= 0.6 is 0 Å². The topological polar surface area (TPSA) is 87.2 Å². The molecule has 1 saturated heterocycles. The molecule has 2 unspecified atom stereocenters. The highest BCUT2D eigenvalue weighted by atomic mass is 32.2. The molecule has 0 radical (unpaired) electrons. The van der Waals surface area contributed by atoms with Gasteiger partial charge in [-0.05, 0) is 56.5 Å². The van der Waals surface area contributed by atoms with E-state index in [1.807, 2.05) is 13.0 Å². The van der Waals surface area contributed by atoms with E-state index in [1.165, 1.54) is 10.4 Å². The van der Waals surface area contributed by atoms with Crippen LogP contribution in [-0.4, -0.2) is 31.9 Å². The lowest BCUT2D eigenvalue weighted by molar-refractivity contribution is 0.404. The zero-order valence-corrected chi connectivity index (χ0v) is 12.5. The van der Waals surface area contributed by atoms with Gasteiger partial charge in [0.25, 0.3) is 0 Å². The minimum absolute atomic E-state index is 0.0383. The molecule has 108 valence electrons. The second-order valence-electron chi connectivity index (χ2n) is 5.35. The summed E-state index contributed by atoms with van der Waals surface area (Å²) >= 11 is 0. The molecule has 1 aliphatic heterocycles. The third-order valence-electron chi connectivity index (χ3n) is 3.83. The van der Waals surface area contributed by atoms with E-state index in [4.69, 9.17) is 11.0 Å². The molecule has 0 aromatic heterocycles. The van der Waals surface area contributed by atoms with Crippen molar-refractivity contribution in [1.82, 2.24) is 4.31 Å². The van der Waals surface area contributed by atoms with Crippen molar-refractivity contribution in [3.8, 4) is 6.07 Å². The fourth-order valence-corrected chi connectivity index (χ4v) is 4.67. The van der Waals surface area contributed by atoms with Crippen LogP contribution in [-0.2, 0) is 10.0 Å². The summed E-state index contributed by atoms with van der Waals surface area (Å²) in [5.41, 5.74) is 6.72. The second kappa shape index (κ2) is 5.52. The first kappa shape index (κ1) is 15.0. The molecule has 0 amide bonds. The number of aryl methyl sites for hydroxylation is 1. The monoisotopic (exact) mass is 293 g/mol. The van der Waals surface area contributed by atoms with Gasteiger partial charge in [0.2, 0.25) is 10.0 Å². The zero-order valence-electron chi connectivity index (χ0n) is 11.7. The molecular formula is C14H19N3O2S. The molecule has 0 aliphatic carbocycles. The second-order valence-corrected chi connectivity index (χ2v) is 7.21. The Hall–Kier alpha value is -1.42. The van der Waals surface area contributed by atoms with Gasteiger partial charge < -0.3 is 5.73 Å². The number of hydrogen-bond acceptors (Lipinski definition) is 4. The molecule has 1 aliphatic rings. The van der Waals surface area contributed by atoms with Crippen molar-refractivity contribution in [1.29, 1.82) is 5.26 Å². The first-order valence-electron chi connectivity index (χ1n) is 6.62. The Bertz CT molecular complexity index is 649. The highest BCUT2D eigenvalue weighted by molar-refractivity contribution is 7.89. The van der Waals surface area contributed by atoms with Crippen LogP contribution in [0.3, 0.4) is 0 Å². The zero-order chi connectivity index (χ0) is 14.9. The van der Waals surface area contributed by atoms with Crippen molar-refractivity contribution in [2.45, 2.75) is 31.2 Å². The lowest BCUT2D eigenvalue weighted by Gasteiger charge is -2.22. The van der Waals surface area contributed by atoms with Crippen LogP contribution in [0.4, 0.5) is 0 Å². The van der Waals surface area contributed by atoms with Gasteiger partial charge in [-0.25, -0.2) is 8.42 Å². The molecule has 1 heterocycles. The van der Waals surface area contributed by atoms with E-state index in [1.54, 1.807) is 19.1 Å². The van der Waals surface area contributed by atoms with Crippen molar-refractivity contribution in [2.24, 2.45) is 11.7 Å². The molecule has 1 fully saturated rings. The quantitative estimate of drug-likeness (QED) is 0.908. The van der Waals surface area contributed by atoms with Crippen LogP contribution in [0, 0.1) is 24.2 Å². The van der Waals surface area contributed by atoms with Crippen molar-refractivity contribution < 1.29 is 8.42 Å². The van der Waals surface area contributed by atoms with Crippen molar-refractivity contribution in [2.75, 3.05) is 13.1 Å². The largest absolute Gasteiger partial charge is 0.330 e. The van der Waals surface area contributed by atoms with Gasteiger partial charge >= 0.3 is 0 Å². The third kappa shape index (κ3) is 2.57. The van der Waals surface area contributed by atoms with Crippen LogP contribution in [0.5, 0.6) is 0 Å². The van der Waals surface area contributed by atoms with E-state index >= 15 is 0 Å². The first-order valence-corrected chi connectivity index (χ1v) is 8.06. The average Bonchev–Trinajstić information content (AvgIpc) is 2.80. The standard InChI is InChI=1S/C14H19N3O2S/c1-10-5-12(7-15)3-4-14(10)20(18,19)17-9-13(8-16)6-11(17)2/h3-5,11,13H,6,8-9,16H2,1-2H3. The Morgan fingerprint density at radius 2 is 2.20 bits per heavy atom. The summed E-state index contributed by atoms with van der Waals surface area (Å²) in [6.45, 7) is 4.60. The molecule has 6 heteroatoms. The van der Waals surface area contributed by atoms with E-state index in [0.29, 0.717) is 24.2 Å². The normalized spacial score (nSPS) is 23.7. The maximum atomic E-state index is 12.7. The van der Waals surface area contributed by atoms with Crippen LogP contribution in [0.1, 0.15) is 24.5 Å². The maximum absolute atomic E-state index is 12.7. The number of nitrogens with two attached hydrogens (primary N) is 1. The van der Waals surface area contributed by atoms with Crippen molar-refractivity contribution in [3.63, 3.8) is 0 Å². The van der Waals surface area contributed by atoms with E-state index < -0.39 is 10.0 Å². The van der Waals surface area contributed by atoms with Gasteiger partial charge in [0.05, 0.1) is 16.5 Å². The lowest BCUT2D eigenvalue weighted by Crippen LogP contribution is -2.34. The molecule has 1 aromatic rings. The van der Waals surface area contributed by atoms with E-state index in [-0.39, 0.29) is 16.9 Å². The summed E-state index contributed by atoms with van der Waals surface area (Å²) < 4.78 is 27.0. The van der Waals surface area contributed by atoms with E-state index in [9.17, 15) is 8.42 Å². The summed E-state index contributed by atoms with van der Waals surface area (Å²) in [5.74, 6) is 0.221. The Morgan fingerprint density at radius 1 is 1.50 bits per heavy atom. The van der Waals surface area contributed by atoms with Crippen LogP contribution in [0.15, 0.2) is 23.1 Å². The number of nitrogens with zero attached hydrogens (tertiary/aromatic N) is 2. The molecule has 2 rings (SSSR count). The summed E-state index contributed by atoms with van der Waals surface area (Å²) in [7, 11) is -3.52. The lowest BCUT2D eigenvalue weighted by atomic mass is 10.1. The smallest absolute Gasteiger partial charge is 0.243 e. The third-order valence-corrected chi connectivity index (χ3v) is 5.97. The fourth-order valence-electron chi connectivity index (χ4n) is 2.75. The summed E-state index contributed by atoms with van der Waals surface area (Å²) in [5, 5.41) is 8.85. The molecule has 0 saturated carbocycles. The highest BCUT2D eigenvalue weighted by Gasteiger charge is 2.37. The van der Waals surface area contributed by atoms with Gasteiger partial charge in [0, 0.05) is 12.6 Å². The summed E-state index contributed by atoms with van der Waals surface area (Å²) in [6.07, 6.45) is 0.797. The van der Waals surface area contributed by atoms with Gasteiger partial charge in [-0.3, -0.25) is 0 Å². The van der Waals surface area contributed by atoms with Crippen LogP contribution in [0.25, 0.3) is 0 Å². The molecule has 20 heavy (non-hydrogen) atoms. The number of rotatable bonds is 3. The predicted molar refractivity (Wildman–Crippen MR) is 76.4 cm³/mol.